The molecule has 1 saturated carbocycles. The lowest BCUT2D eigenvalue weighted by atomic mass is 9.91. The zero-order valence-corrected chi connectivity index (χ0v) is 12.4. The number of amides is 2. The molecule has 2 amide bonds. The van der Waals surface area contributed by atoms with Gasteiger partial charge in [-0.2, -0.15) is 0 Å². The van der Waals surface area contributed by atoms with Crippen LogP contribution >= 0.6 is 0 Å². The highest BCUT2D eigenvalue weighted by molar-refractivity contribution is 5.68. The van der Waals surface area contributed by atoms with Crippen LogP contribution in [-0.2, 0) is 9.47 Å². The van der Waals surface area contributed by atoms with E-state index in [1.807, 2.05) is 6.92 Å². The molecule has 0 radical (unpaired) electrons. The highest BCUT2D eigenvalue weighted by Gasteiger charge is 2.25. The van der Waals surface area contributed by atoms with Crippen LogP contribution in [0.5, 0.6) is 0 Å². The van der Waals surface area contributed by atoms with E-state index in [2.05, 4.69) is 10.6 Å². The maximum atomic E-state index is 11.6. The Kier molecular flexibility index (Phi) is 7.84. The van der Waals surface area contributed by atoms with E-state index in [9.17, 15) is 9.59 Å². The monoisotopic (exact) mass is 286 g/mol. The second-order valence-electron chi connectivity index (χ2n) is 5.06. The van der Waals surface area contributed by atoms with Crippen LogP contribution in [0.25, 0.3) is 0 Å². The maximum Gasteiger partial charge on any atom is 0.407 e. The number of carbonyl (C=O) groups is 2. The Bertz CT molecular complexity index is 310. The van der Waals surface area contributed by atoms with Crippen LogP contribution < -0.4 is 10.6 Å². The summed E-state index contributed by atoms with van der Waals surface area (Å²) in [5.74, 6) is 0. The molecular formula is C14H26N2O4. The fraction of sp³-hybridized carbons (Fsp3) is 0.857. The Labute approximate surface area is 120 Å². The van der Waals surface area contributed by atoms with Crippen molar-refractivity contribution in [2.24, 2.45) is 0 Å². The Morgan fingerprint density at radius 1 is 1.05 bits per heavy atom. The molecule has 116 valence electrons. The van der Waals surface area contributed by atoms with E-state index >= 15 is 0 Å². The van der Waals surface area contributed by atoms with E-state index in [-0.39, 0.29) is 24.3 Å². The molecule has 0 aromatic rings. The van der Waals surface area contributed by atoms with Crippen molar-refractivity contribution in [3.63, 3.8) is 0 Å². The van der Waals surface area contributed by atoms with Gasteiger partial charge < -0.3 is 20.1 Å². The topological polar surface area (TPSA) is 76.7 Å². The third kappa shape index (κ3) is 6.63. The van der Waals surface area contributed by atoms with Gasteiger partial charge in [-0.05, 0) is 39.0 Å². The zero-order chi connectivity index (χ0) is 14.8. The molecule has 0 bridgehead atoms. The second kappa shape index (κ2) is 9.44. The highest BCUT2D eigenvalue weighted by atomic mass is 16.6. The molecule has 1 aliphatic rings. The van der Waals surface area contributed by atoms with Crippen LogP contribution in [0.1, 0.15) is 52.4 Å². The average molecular weight is 286 g/mol. The predicted molar refractivity (Wildman–Crippen MR) is 75.6 cm³/mol. The Hall–Kier alpha value is -1.46. The Balaban J connectivity index is 2.26. The van der Waals surface area contributed by atoms with Crippen molar-refractivity contribution >= 4 is 12.2 Å². The molecule has 2 atom stereocenters. The first-order chi connectivity index (χ1) is 9.65. The summed E-state index contributed by atoms with van der Waals surface area (Å²) in [5.41, 5.74) is 0. The van der Waals surface area contributed by atoms with Crippen molar-refractivity contribution < 1.29 is 19.1 Å². The summed E-state index contributed by atoms with van der Waals surface area (Å²) in [6, 6.07) is 0.119. The van der Waals surface area contributed by atoms with Crippen molar-refractivity contribution in [3.05, 3.63) is 0 Å². The van der Waals surface area contributed by atoms with Crippen molar-refractivity contribution in [2.75, 3.05) is 13.2 Å². The SMILES string of the molecule is CCCCOC(=O)NC1CCCC(NC(=O)OCC)C1. The first-order valence-electron chi connectivity index (χ1n) is 7.52. The van der Waals surface area contributed by atoms with Gasteiger partial charge in [0.15, 0.2) is 0 Å². The van der Waals surface area contributed by atoms with Crippen LogP contribution in [0.3, 0.4) is 0 Å². The number of alkyl carbamates (subject to hydrolysis) is 2. The number of rotatable bonds is 6. The molecule has 0 aliphatic heterocycles. The van der Waals surface area contributed by atoms with Crippen molar-refractivity contribution in [1.82, 2.24) is 10.6 Å². The lowest BCUT2D eigenvalue weighted by molar-refractivity contribution is 0.133. The van der Waals surface area contributed by atoms with Gasteiger partial charge in [-0.1, -0.05) is 13.3 Å². The standard InChI is InChI=1S/C14H26N2O4/c1-3-5-9-20-14(18)16-12-8-6-7-11(10-12)15-13(17)19-4-2/h11-12H,3-10H2,1-2H3,(H,15,17)(H,16,18). The first kappa shape index (κ1) is 16.6. The maximum absolute atomic E-state index is 11.6. The van der Waals surface area contributed by atoms with Gasteiger partial charge in [0, 0.05) is 12.1 Å². The summed E-state index contributed by atoms with van der Waals surface area (Å²) in [6.45, 7) is 4.65. The molecule has 6 heteroatoms. The number of nitrogens with one attached hydrogen (secondary N) is 2. The van der Waals surface area contributed by atoms with Gasteiger partial charge in [0.05, 0.1) is 13.2 Å². The fourth-order valence-corrected chi connectivity index (χ4v) is 2.31. The quantitative estimate of drug-likeness (QED) is 0.736. The van der Waals surface area contributed by atoms with E-state index in [1.165, 1.54) is 0 Å². The molecule has 0 aromatic carbocycles. The number of hydrogen-bond acceptors (Lipinski definition) is 4. The van der Waals surface area contributed by atoms with E-state index in [0.717, 1.165) is 38.5 Å². The minimum absolute atomic E-state index is 0.0590. The molecule has 20 heavy (non-hydrogen) atoms. The second-order valence-corrected chi connectivity index (χ2v) is 5.06. The van der Waals surface area contributed by atoms with Crippen molar-refractivity contribution in [1.29, 1.82) is 0 Å². The van der Waals surface area contributed by atoms with Crippen LogP contribution in [0.4, 0.5) is 9.59 Å². The zero-order valence-electron chi connectivity index (χ0n) is 12.4. The first-order valence-corrected chi connectivity index (χ1v) is 7.52. The number of carbonyl (C=O) groups excluding carboxylic acids is 2. The summed E-state index contributed by atoms with van der Waals surface area (Å²) < 4.78 is 9.94. The molecule has 1 fully saturated rings. The number of hydrogen-bond donors (Lipinski definition) is 2. The minimum atomic E-state index is -0.385. The minimum Gasteiger partial charge on any atom is -0.450 e. The van der Waals surface area contributed by atoms with Gasteiger partial charge in [-0.3, -0.25) is 0 Å². The van der Waals surface area contributed by atoms with Gasteiger partial charge in [0.25, 0.3) is 0 Å². The van der Waals surface area contributed by atoms with Gasteiger partial charge in [0.2, 0.25) is 0 Å². The fourth-order valence-electron chi connectivity index (χ4n) is 2.31. The van der Waals surface area contributed by atoms with Crippen LogP contribution in [0.2, 0.25) is 0 Å². The molecule has 2 N–H and O–H groups in total. The molecule has 1 rings (SSSR count). The van der Waals surface area contributed by atoms with Crippen molar-refractivity contribution in [3.8, 4) is 0 Å². The molecule has 2 unspecified atom stereocenters. The Morgan fingerprint density at radius 3 is 2.20 bits per heavy atom. The normalized spacial score (nSPS) is 21.9. The number of ether oxygens (including phenoxy) is 2. The summed E-state index contributed by atoms with van der Waals surface area (Å²) in [7, 11) is 0. The molecule has 6 nitrogen and oxygen atoms in total. The van der Waals surface area contributed by atoms with Gasteiger partial charge >= 0.3 is 12.2 Å². The smallest absolute Gasteiger partial charge is 0.407 e. The molecule has 1 aliphatic carbocycles. The lowest BCUT2D eigenvalue weighted by Crippen LogP contribution is -2.46. The predicted octanol–water partition coefficient (Wildman–Crippen LogP) is 2.57. The highest BCUT2D eigenvalue weighted by Crippen LogP contribution is 2.18. The largest absolute Gasteiger partial charge is 0.450 e. The van der Waals surface area contributed by atoms with Gasteiger partial charge in [-0.25, -0.2) is 9.59 Å². The average Bonchev–Trinajstić information content (AvgIpc) is 2.39. The molecule has 0 heterocycles. The summed E-state index contributed by atoms with van der Waals surface area (Å²) in [4.78, 5) is 22.9. The van der Waals surface area contributed by atoms with Crippen LogP contribution in [0.15, 0.2) is 0 Å². The Morgan fingerprint density at radius 2 is 1.65 bits per heavy atom. The molecule has 0 spiro atoms. The number of unbranched alkanes of at least 4 members (excludes halogenated alkanes) is 1. The molecular weight excluding hydrogens is 260 g/mol. The lowest BCUT2D eigenvalue weighted by Gasteiger charge is -2.29. The van der Waals surface area contributed by atoms with Crippen LogP contribution in [-0.4, -0.2) is 37.5 Å². The van der Waals surface area contributed by atoms with E-state index in [0.29, 0.717) is 13.2 Å². The van der Waals surface area contributed by atoms with E-state index < -0.39 is 0 Å². The van der Waals surface area contributed by atoms with Crippen LogP contribution in [0, 0.1) is 0 Å². The molecule has 0 aromatic heterocycles. The van der Waals surface area contributed by atoms with Gasteiger partial charge in [0.1, 0.15) is 0 Å². The van der Waals surface area contributed by atoms with Gasteiger partial charge in [-0.15, -0.1) is 0 Å². The van der Waals surface area contributed by atoms with Crippen molar-refractivity contribution in [2.45, 2.75) is 64.5 Å². The summed E-state index contributed by atoms with van der Waals surface area (Å²) >= 11 is 0. The summed E-state index contributed by atoms with van der Waals surface area (Å²) in [6.07, 6.45) is 4.67. The summed E-state index contributed by atoms with van der Waals surface area (Å²) in [5, 5.41) is 5.68. The molecule has 0 saturated heterocycles. The third-order valence-corrected chi connectivity index (χ3v) is 3.32. The third-order valence-electron chi connectivity index (χ3n) is 3.32. The van der Waals surface area contributed by atoms with E-state index in [4.69, 9.17) is 9.47 Å². The van der Waals surface area contributed by atoms with E-state index in [1.54, 1.807) is 6.92 Å².